The average Bonchev–Trinajstić information content (AvgIpc) is 2.65. The van der Waals surface area contributed by atoms with Crippen molar-refractivity contribution in [3.8, 4) is 0 Å². The first kappa shape index (κ1) is 20.9. The van der Waals surface area contributed by atoms with Crippen molar-refractivity contribution < 1.29 is 18.0 Å². The van der Waals surface area contributed by atoms with Gasteiger partial charge in [-0.3, -0.25) is 20.4 Å². The Morgan fingerprint density at radius 2 is 1.52 bits per heavy atom. The summed E-state index contributed by atoms with van der Waals surface area (Å²) in [4.78, 5) is 24.3. The Bertz CT molecular complexity index is 943. The summed E-state index contributed by atoms with van der Waals surface area (Å²) in [5.74, 6) is -1.16. The predicted molar refractivity (Wildman–Crippen MR) is 103 cm³/mol. The third-order valence-electron chi connectivity index (χ3n) is 3.90. The van der Waals surface area contributed by atoms with Crippen molar-refractivity contribution in [3.63, 3.8) is 0 Å². The quantitative estimate of drug-likeness (QED) is 0.741. The predicted octanol–water partition coefficient (Wildman–Crippen LogP) is 2.44. The van der Waals surface area contributed by atoms with E-state index in [9.17, 15) is 18.0 Å². The van der Waals surface area contributed by atoms with E-state index in [0.29, 0.717) is 10.6 Å². The van der Waals surface area contributed by atoms with Crippen LogP contribution in [0.4, 0.5) is 0 Å². The number of rotatable bonds is 5. The second-order valence-corrected chi connectivity index (χ2v) is 8.49. The Morgan fingerprint density at radius 1 is 0.963 bits per heavy atom. The summed E-state index contributed by atoms with van der Waals surface area (Å²) in [7, 11) is -2.25. The Kier molecular flexibility index (Phi) is 6.59. The molecule has 2 rings (SSSR count). The highest BCUT2D eigenvalue weighted by Crippen LogP contribution is 2.18. The summed E-state index contributed by atoms with van der Waals surface area (Å²) in [6, 6.07) is 11.5. The normalized spacial score (nSPS) is 11.5. The van der Waals surface area contributed by atoms with Crippen molar-refractivity contribution in [2.45, 2.75) is 24.8 Å². The maximum absolute atomic E-state index is 12.5. The molecule has 9 heteroatoms. The molecule has 0 fully saturated rings. The summed E-state index contributed by atoms with van der Waals surface area (Å²) < 4.78 is 26.3. The number of hydrogen-bond acceptors (Lipinski definition) is 4. The van der Waals surface area contributed by atoms with Crippen molar-refractivity contribution in [1.82, 2.24) is 15.2 Å². The molecule has 0 aliphatic rings. The molecule has 0 bridgehead atoms. The van der Waals surface area contributed by atoms with E-state index < -0.39 is 21.8 Å². The molecular weight excluding hydrogens is 390 g/mol. The lowest BCUT2D eigenvalue weighted by molar-refractivity contribution is 0.0846. The third-order valence-corrected chi connectivity index (χ3v) is 6.18. The van der Waals surface area contributed by atoms with Gasteiger partial charge in [-0.1, -0.05) is 17.7 Å². The largest absolute Gasteiger partial charge is 0.269 e. The number of amides is 2. The summed E-state index contributed by atoms with van der Waals surface area (Å²) in [6.45, 7) is 3.50. The molecular formula is C18H20ClN3O4S. The monoisotopic (exact) mass is 409 g/mol. The van der Waals surface area contributed by atoms with Crippen LogP contribution in [0.15, 0.2) is 53.4 Å². The number of nitrogens with zero attached hydrogens (tertiary/aromatic N) is 1. The van der Waals surface area contributed by atoms with E-state index in [4.69, 9.17) is 11.6 Å². The summed E-state index contributed by atoms with van der Waals surface area (Å²) in [5.41, 5.74) is 4.95. The lowest BCUT2D eigenvalue weighted by Crippen LogP contribution is -2.41. The zero-order valence-corrected chi connectivity index (χ0v) is 16.6. The SMILES string of the molecule is CC(C)N(C)S(=O)(=O)c1cccc(C(=O)NNC(=O)c2ccc(Cl)cc2)c1. The molecule has 2 aromatic carbocycles. The van der Waals surface area contributed by atoms with E-state index in [0.717, 1.165) is 0 Å². The average molecular weight is 410 g/mol. The zero-order valence-electron chi connectivity index (χ0n) is 15.1. The van der Waals surface area contributed by atoms with E-state index in [1.54, 1.807) is 26.0 Å². The Balaban J connectivity index is 2.11. The number of carbonyl (C=O) groups excluding carboxylic acids is 2. The maximum Gasteiger partial charge on any atom is 0.269 e. The van der Waals surface area contributed by atoms with Gasteiger partial charge in [0.15, 0.2) is 0 Å². The molecule has 0 saturated heterocycles. The molecule has 0 spiro atoms. The van der Waals surface area contributed by atoms with Crippen LogP contribution in [0, 0.1) is 0 Å². The summed E-state index contributed by atoms with van der Waals surface area (Å²) >= 11 is 5.76. The van der Waals surface area contributed by atoms with Gasteiger partial charge in [0.05, 0.1) is 4.90 Å². The first-order valence-corrected chi connectivity index (χ1v) is 9.89. The fraction of sp³-hybridized carbons (Fsp3) is 0.222. The van der Waals surface area contributed by atoms with Crippen molar-refractivity contribution in [1.29, 1.82) is 0 Å². The van der Waals surface area contributed by atoms with Gasteiger partial charge in [-0.25, -0.2) is 8.42 Å². The van der Waals surface area contributed by atoms with Gasteiger partial charge in [0.1, 0.15) is 0 Å². The number of sulfonamides is 1. The molecule has 0 aliphatic carbocycles. The molecule has 0 radical (unpaired) electrons. The zero-order chi connectivity index (χ0) is 20.2. The number of hydrazine groups is 1. The van der Waals surface area contributed by atoms with E-state index in [1.807, 2.05) is 0 Å². The second kappa shape index (κ2) is 8.51. The minimum absolute atomic E-state index is 0.00428. The van der Waals surface area contributed by atoms with Crippen LogP contribution in [-0.4, -0.2) is 37.6 Å². The fourth-order valence-electron chi connectivity index (χ4n) is 2.10. The number of benzene rings is 2. The summed E-state index contributed by atoms with van der Waals surface area (Å²) in [6.07, 6.45) is 0. The van der Waals surface area contributed by atoms with Crippen LogP contribution in [-0.2, 0) is 10.0 Å². The first-order valence-electron chi connectivity index (χ1n) is 8.07. The van der Waals surface area contributed by atoms with E-state index in [-0.39, 0.29) is 16.5 Å². The van der Waals surface area contributed by atoms with Gasteiger partial charge in [0, 0.05) is 29.2 Å². The van der Waals surface area contributed by atoms with Gasteiger partial charge in [-0.2, -0.15) is 4.31 Å². The molecule has 144 valence electrons. The molecule has 7 nitrogen and oxygen atoms in total. The standard InChI is InChI=1S/C18H20ClN3O4S/c1-12(2)22(3)27(25,26)16-6-4-5-14(11-16)18(24)21-20-17(23)13-7-9-15(19)10-8-13/h4-12H,1-3H3,(H,20,23)(H,21,24). The van der Waals surface area contributed by atoms with Crippen molar-refractivity contribution in [3.05, 3.63) is 64.7 Å². The van der Waals surface area contributed by atoms with Gasteiger partial charge < -0.3 is 0 Å². The van der Waals surface area contributed by atoms with Crippen LogP contribution >= 0.6 is 11.6 Å². The molecule has 2 N–H and O–H groups in total. The molecule has 0 saturated carbocycles. The van der Waals surface area contributed by atoms with Gasteiger partial charge in [0.25, 0.3) is 11.8 Å². The highest BCUT2D eigenvalue weighted by molar-refractivity contribution is 7.89. The molecule has 2 amide bonds. The molecule has 0 aliphatic heterocycles. The fourth-order valence-corrected chi connectivity index (χ4v) is 3.64. The van der Waals surface area contributed by atoms with Crippen LogP contribution < -0.4 is 10.9 Å². The van der Waals surface area contributed by atoms with Crippen LogP contribution in [0.25, 0.3) is 0 Å². The topological polar surface area (TPSA) is 95.6 Å². The molecule has 0 atom stereocenters. The smallest absolute Gasteiger partial charge is 0.267 e. The Labute approximate surface area is 163 Å². The Hall–Kier alpha value is -2.42. The van der Waals surface area contributed by atoms with Crippen molar-refractivity contribution in [2.75, 3.05) is 7.05 Å². The van der Waals surface area contributed by atoms with Crippen molar-refractivity contribution in [2.24, 2.45) is 0 Å². The van der Waals surface area contributed by atoms with Crippen LogP contribution in [0.5, 0.6) is 0 Å². The minimum atomic E-state index is -3.72. The molecule has 0 heterocycles. The van der Waals surface area contributed by atoms with Gasteiger partial charge in [-0.15, -0.1) is 0 Å². The highest BCUT2D eigenvalue weighted by atomic mass is 35.5. The summed E-state index contributed by atoms with van der Waals surface area (Å²) in [5, 5.41) is 0.486. The molecule has 0 aromatic heterocycles. The molecule has 27 heavy (non-hydrogen) atoms. The Morgan fingerprint density at radius 3 is 2.07 bits per heavy atom. The number of carbonyl (C=O) groups is 2. The molecule has 2 aromatic rings. The lowest BCUT2D eigenvalue weighted by Gasteiger charge is -2.21. The van der Waals surface area contributed by atoms with Gasteiger partial charge >= 0.3 is 0 Å². The van der Waals surface area contributed by atoms with Gasteiger partial charge in [-0.05, 0) is 56.3 Å². The van der Waals surface area contributed by atoms with E-state index in [1.165, 1.54) is 47.8 Å². The lowest BCUT2D eigenvalue weighted by atomic mass is 10.2. The number of hydrogen-bond donors (Lipinski definition) is 2. The minimum Gasteiger partial charge on any atom is -0.267 e. The second-order valence-electron chi connectivity index (χ2n) is 6.06. The number of nitrogens with one attached hydrogen (secondary N) is 2. The van der Waals surface area contributed by atoms with Crippen LogP contribution in [0.1, 0.15) is 34.6 Å². The third kappa shape index (κ3) is 5.06. The van der Waals surface area contributed by atoms with Crippen LogP contribution in [0.2, 0.25) is 5.02 Å². The number of halogens is 1. The van der Waals surface area contributed by atoms with Crippen molar-refractivity contribution >= 4 is 33.4 Å². The van der Waals surface area contributed by atoms with E-state index >= 15 is 0 Å². The van der Waals surface area contributed by atoms with E-state index in [2.05, 4.69) is 10.9 Å². The van der Waals surface area contributed by atoms with Crippen LogP contribution in [0.3, 0.4) is 0 Å². The maximum atomic E-state index is 12.5. The highest BCUT2D eigenvalue weighted by Gasteiger charge is 2.24. The first-order chi connectivity index (χ1) is 12.6. The molecule has 0 unspecified atom stereocenters. The van der Waals surface area contributed by atoms with Gasteiger partial charge in [0.2, 0.25) is 10.0 Å².